The molecule has 0 fully saturated rings. The van der Waals surface area contributed by atoms with E-state index in [0.717, 1.165) is 0 Å². The molecular formula is C24H48N8O5. The summed E-state index contributed by atoms with van der Waals surface area (Å²) in [6.45, 7) is 8.20. The molecule has 5 atom stereocenters. The van der Waals surface area contributed by atoms with E-state index in [1.54, 1.807) is 0 Å². The third-order valence-electron chi connectivity index (χ3n) is 6.00. The summed E-state index contributed by atoms with van der Waals surface area (Å²) in [5.74, 6) is -2.99. The highest BCUT2D eigenvalue weighted by Gasteiger charge is 2.32. The zero-order valence-corrected chi connectivity index (χ0v) is 22.7. The molecule has 214 valence electrons. The average molecular weight is 529 g/mol. The number of nitrogens with one attached hydrogen (secondary N) is 3. The van der Waals surface area contributed by atoms with Gasteiger partial charge < -0.3 is 44.0 Å². The molecule has 0 rings (SSSR count). The maximum atomic E-state index is 13.3. The van der Waals surface area contributed by atoms with Crippen molar-refractivity contribution in [2.24, 2.45) is 39.8 Å². The topological polar surface area (TPSA) is 241 Å². The fraction of sp³-hybridized carbons (Fsp3) is 0.792. The molecule has 0 spiro atoms. The number of carboxylic acids is 1. The molecule has 0 bridgehead atoms. The molecule has 0 aromatic rings. The molecule has 0 saturated carbocycles. The second-order valence-electron chi connectivity index (χ2n) is 9.80. The van der Waals surface area contributed by atoms with E-state index in [9.17, 15) is 24.3 Å². The van der Waals surface area contributed by atoms with Gasteiger partial charge in [-0.05, 0) is 56.9 Å². The Bertz CT molecular complexity index is 757. The van der Waals surface area contributed by atoms with Crippen LogP contribution in [-0.4, -0.2) is 72.0 Å². The Balaban J connectivity index is 5.65. The Labute approximate surface area is 219 Å². The number of aliphatic imine (C=N–C) groups is 1. The number of hydrogen-bond donors (Lipinski definition) is 8. The van der Waals surface area contributed by atoms with Gasteiger partial charge >= 0.3 is 5.97 Å². The molecule has 5 unspecified atom stereocenters. The predicted molar refractivity (Wildman–Crippen MR) is 143 cm³/mol. The van der Waals surface area contributed by atoms with Gasteiger partial charge in [0, 0.05) is 6.54 Å². The highest BCUT2D eigenvalue weighted by molar-refractivity contribution is 5.94. The van der Waals surface area contributed by atoms with Gasteiger partial charge in [0.25, 0.3) is 0 Å². The zero-order chi connectivity index (χ0) is 28.5. The summed E-state index contributed by atoms with van der Waals surface area (Å²) in [5, 5.41) is 17.4. The van der Waals surface area contributed by atoms with Crippen LogP contribution in [0.3, 0.4) is 0 Å². The van der Waals surface area contributed by atoms with Crippen molar-refractivity contribution in [2.45, 2.75) is 96.8 Å². The van der Waals surface area contributed by atoms with Gasteiger partial charge in [0.1, 0.15) is 18.1 Å². The van der Waals surface area contributed by atoms with Crippen LogP contribution in [-0.2, 0) is 19.2 Å². The number of nitrogens with zero attached hydrogens (tertiary/aromatic N) is 1. The fourth-order valence-electron chi connectivity index (χ4n) is 3.63. The Morgan fingerprint density at radius 3 is 1.97 bits per heavy atom. The van der Waals surface area contributed by atoms with E-state index in [-0.39, 0.29) is 37.2 Å². The van der Waals surface area contributed by atoms with E-state index in [0.29, 0.717) is 38.6 Å². The van der Waals surface area contributed by atoms with Gasteiger partial charge in [-0.3, -0.25) is 19.4 Å². The van der Waals surface area contributed by atoms with Crippen LogP contribution in [0.25, 0.3) is 0 Å². The van der Waals surface area contributed by atoms with Crippen LogP contribution in [0.1, 0.15) is 72.6 Å². The van der Waals surface area contributed by atoms with Crippen LogP contribution in [0, 0.1) is 11.8 Å². The van der Waals surface area contributed by atoms with Crippen molar-refractivity contribution >= 4 is 29.7 Å². The molecule has 12 N–H and O–H groups in total. The number of nitrogens with two attached hydrogens (primary N) is 4. The maximum Gasteiger partial charge on any atom is 0.326 e. The van der Waals surface area contributed by atoms with Crippen molar-refractivity contribution in [1.29, 1.82) is 0 Å². The maximum absolute atomic E-state index is 13.3. The normalized spacial score (nSPS) is 15.1. The molecule has 13 heteroatoms. The van der Waals surface area contributed by atoms with Crippen LogP contribution in [0.2, 0.25) is 0 Å². The lowest BCUT2D eigenvalue weighted by molar-refractivity contribution is -0.142. The Kier molecular flexibility index (Phi) is 16.9. The summed E-state index contributed by atoms with van der Waals surface area (Å²) in [4.78, 5) is 54.5. The average Bonchev–Trinajstić information content (AvgIpc) is 2.82. The molecule has 3 amide bonds. The number of guanidine groups is 1. The molecule has 0 aliphatic heterocycles. The van der Waals surface area contributed by atoms with Crippen molar-refractivity contribution < 1.29 is 24.3 Å². The van der Waals surface area contributed by atoms with E-state index in [4.69, 9.17) is 22.9 Å². The van der Waals surface area contributed by atoms with Crippen LogP contribution in [0.4, 0.5) is 0 Å². The highest BCUT2D eigenvalue weighted by atomic mass is 16.4. The molecule has 0 aromatic heterocycles. The molecule has 0 aliphatic carbocycles. The van der Waals surface area contributed by atoms with E-state index < -0.39 is 47.9 Å². The minimum Gasteiger partial charge on any atom is -0.480 e. The van der Waals surface area contributed by atoms with Crippen LogP contribution in [0.5, 0.6) is 0 Å². The Morgan fingerprint density at radius 2 is 1.46 bits per heavy atom. The standard InChI is InChI=1S/C24H48N8O5/c1-5-15(4)19(32-20(33)16(26)13-14(2)3)22(35)30-17(10-8-12-29-24(27)28)21(34)31-18(23(36)37)9-6-7-11-25/h14-19H,5-13,25-26H2,1-4H3,(H,30,35)(H,31,34)(H,32,33)(H,36,37)(H4,27,28,29). The number of rotatable bonds is 19. The first-order valence-electron chi connectivity index (χ1n) is 13.0. The third kappa shape index (κ3) is 14.4. The van der Waals surface area contributed by atoms with Gasteiger partial charge in [-0.25, -0.2) is 4.79 Å². The molecule has 0 aliphatic rings. The predicted octanol–water partition coefficient (Wildman–Crippen LogP) is -0.872. The molecule has 0 saturated heterocycles. The van der Waals surface area contributed by atoms with Crippen LogP contribution >= 0.6 is 0 Å². The minimum atomic E-state index is -1.18. The monoisotopic (exact) mass is 528 g/mol. The zero-order valence-electron chi connectivity index (χ0n) is 22.7. The highest BCUT2D eigenvalue weighted by Crippen LogP contribution is 2.11. The van der Waals surface area contributed by atoms with E-state index in [2.05, 4.69) is 20.9 Å². The number of carbonyl (C=O) groups is 4. The quantitative estimate of drug-likeness (QED) is 0.0589. The smallest absolute Gasteiger partial charge is 0.326 e. The van der Waals surface area contributed by atoms with Crippen LogP contribution in [0.15, 0.2) is 4.99 Å². The van der Waals surface area contributed by atoms with Crippen molar-refractivity contribution in [3.63, 3.8) is 0 Å². The van der Waals surface area contributed by atoms with Crippen LogP contribution < -0.4 is 38.9 Å². The van der Waals surface area contributed by atoms with Gasteiger partial charge in [0.2, 0.25) is 17.7 Å². The number of aliphatic carboxylic acids is 1. The van der Waals surface area contributed by atoms with E-state index in [1.165, 1.54) is 0 Å². The number of carbonyl (C=O) groups excluding carboxylic acids is 3. The molecule has 0 radical (unpaired) electrons. The van der Waals surface area contributed by atoms with Gasteiger partial charge in [-0.2, -0.15) is 0 Å². The van der Waals surface area contributed by atoms with E-state index >= 15 is 0 Å². The third-order valence-corrected chi connectivity index (χ3v) is 6.00. The van der Waals surface area contributed by atoms with Crippen molar-refractivity contribution in [3.05, 3.63) is 0 Å². The molecule has 13 nitrogen and oxygen atoms in total. The largest absolute Gasteiger partial charge is 0.480 e. The summed E-state index contributed by atoms with van der Waals surface area (Å²) in [6, 6.07) is -3.90. The number of amides is 3. The van der Waals surface area contributed by atoms with Gasteiger partial charge in [-0.1, -0.05) is 34.1 Å². The van der Waals surface area contributed by atoms with Gasteiger partial charge in [-0.15, -0.1) is 0 Å². The van der Waals surface area contributed by atoms with Gasteiger partial charge in [0.15, 0.2) is 5.96 Å². The lowest BCUT2D eigenvalue weighted by Gasteiger charge is -2.28. The van der Waals surface area contributed by atoms with Crippen molar-refractivity contribution in [2.75, 3.05) is 13.1 Å². The molecule has 0 aromatic carbocycles. The SMILES string of the molecule is CCC(C)C(NC(=O)C(N)CC(C)C)C(=O)NC(CCCN=C(N)N)C(=O)NC(CCCCN)C(=O)O. The lowest BCUT2D eigenvalue weighted by Crippen LogP contribution is -2.58. The Hall–Kier alpha value is -2.93. The lowest BCUT2D eigenvalue weighted by atomic mass is 9.96. The summed E-state index contributed by atoms with van der Waals surface area (Å²) in [7, 11) is 0. The Morgan fingerprint density at radius 1 is 0.865 bits per heavy atom. The first-order chi connectivity index (χ1) is 17.3. The second kappa shape index (κ2) is 18.3. The fourth-order valence-corrected chi connectivity index (χ4v) is 3.63. The van der Waals surface area contributed by atoms with Crippen molar-refractivity contribution in [3.8, 4) is 0 Å². The van der Waals surface area contributed by atoms with Crippen molar-refractivity contribution in [1.82, 2.24) is 16.0 Å². The second-order valence-corrected chi connectivity index (χ2v) is 9.80. The number of carboxylic acid groups (broad SMARTS) is 1. The molecule has 37 heavy (non-hydrogen) atoms. The summed E-state index contributed by atoms with van der Waals surface area (Å²) >= 11 is 0. The molecule has 0 heterocycles. The minimum absolute atomic E-state index is 0.104. The van der Waals surface area contributed by atoms with Gasteiger partial charge in [0.05, 0.1) is 6.04 Å². The summed E-state index contributed by atoms with van der Waals surface area (Å²) in [6.07, 6.45) is 2.88. The van der Waals surface area contributed by atoms with E-state index in [1.807, 2.05) is 27.7 Å². The first-order valence-corrected chi connectivity index (χ1v) is 13.0. The molecular weight excluding hydrogens is 480 g/mol. The number of hydrogen-bond acceptors (Lipinski definition) is 7. The number of unbranched alkanes of at least 4 members (excludes halogenated alkanes) is 1. The summed E-state index contributed by atoms with van der Waals surface area (Å²) < 4.78 is 0. The first kappa shape index (κ1) is 34.1. The summed E-state index contributed by atoms with van der Waals surface area (Å²) in [5.41, 5.74) is 22.2.